The van der Waals surface area contributed by atoms with E-state index in [2.05, 4.69) is 11.0 Å². The summed E-state index contributed by atoms with van der Waals surface area (Å²) >= 11 is 0. The summed E-state index contributed by atoms with van der Waals surface area (Å²) in [5, 5.41) is 8.48. The maximum atomic E-state index is 12.9. The van der Waals surface area contributed by atoms with Crippen LogP contribution >= 0.6 is 0 Å². The predicted octanol–water partition coefficient (Wildman–Crippen LogP) is 2.56. The summed E-state index contributed by atoms with van der Waals surface area (Å²) in [4.78, 5) is 2.12. The molecular formula is C12H15FN2. The van der Waals surface area contributed by atoms with Crippen molar-refractivity contribution in [2.75, 3.05) is 13.1 Å². The van der Waals surface area contributed by atoms with Crippen LogP contribution in [0.2, 0.25) is 0 Å². The van der Waals surface area contributed by atoms with Crippen LogP contribution in [0, 0.1) is 17.1 Å². The van der Waals surface area contributed by atoms with Crippen LogP contribution in [0.5, 0.6) is 0 Å². The molecule has 0 fully saturated rings. The molecule has 1 aromatic carbocycles. The van der Waals surface area contributed by atoms with Gasteiger partial charge in [-0.05, 0) is 24.2 Å². The van der Waals surface area contributed by atoms with E-state index in [0.29, 0.717) is 13.0 Å². The Kier molecular flexibility index (Phi) is 4.79. The van der Waals surface area contributed by atoms with E-state index < -0.39 is 0 Å². The average Bonchev–Trinajstić information content (AvgIpc) is 2.24. The molecule has 15 heavy (non-hydrogen) atoms. The molecule has 0 atom stereocenters. The Hall–Kier alpha value is -1.40. The first-order chi connectivity index (χ1) is 7.26. The van der Waals surface area contributed by atoms with Crippen molar-refractivity contribution in [3.8, 4) is 6.07 Å². The molecule has 1 aromatic rings. The second-order valence-corrected chi connectivity index (χ2v) is 3.41. The highest BCUT2D eigenvalue weighted by Crippen LogP contribution is 2.07. The number of nitrogens with zero attached hydrogens (tertiary/aromatic N) is 2. The molecule has 0 saturated carbocycles. The van der Waals surface area contributed by atoms with Gasteiger partial charge >= 0.3 is 0 Å². The van der Waals surface area contributed by atoms with E-state index in [0.717, 1.165) is 18.7 Å². The minimum atomic E-state index is -0.205. The van der Waals surface area contributed by atoms with Gasteiger partial charge < -0.3 is 0 Å². The molecular weight excluding hydrogens is 191 g/mol. The zero-order valence-electron chi connectivity index (χ0n) is 8.91. The van der Waals surface area contributed by atoms with Crippen LogP contribution in [0.3, 0.4) is 0 Å². The summed E-state index contributed by atoms with van der Waals surface area (Å²) in [5.74, 6) is -0.205. The molecule has 0 aliphatic rings. The molecule has 80 valence electrons. The van der Waals surface area contributed by atoms with Crippen LogP contribution in [-0.2, 0) is 6.54 Å². The lowest BCUT2D eigenvalue weighted by molar-refractivity contribution is 0.286. The molecule has 0 N–H and O–H groups in total. The van der Waals surface area contributed by atoms with Gasteiger partial charge in [-0.2, -0.15) is 5.26 Å². The lowest BCUT2D eigenvalue weighted by atomic mass is 10.2. The lowest BCUT2D eigenvalue weighted by Gasteiger charge is -2.18. The highest BCUT2D eigenvalue weighted by molar-refractivity contribution is 5.16. The standard InChI is InChI=1S/C12H15FN2/c1-2-15(8-4-7-14)10-11-5-3-6-12(13)9-11/h3,5-6,9H,2,4,8,10H2,1H3. The molecule has 2 nitrogen and oxygen atoms in total. The smallest absolute Gasteiger partial charge is 0.123 e. The SMILES string of the molecule is CCN(CCC#N)Cc1cccc(F)c1. The third kappa shape index (κ3) is 4.09. The van der Waals surface area contributed by atoms with Gasteiger partial charge in [-0.1, -0.05) is 19.1 Å². The fraction of sp³-hybridized carbons (Fsp3) is 0.417. The Bertz CT molecular complexity index is 344. The quantitative estimate of drug-likeness (QED) is 0.740. The first-order valence-corrected chi connectivity index (χ1v) is 5.10. The number of rotatable bonds is 5. The summed E-state index contributed by atoms with van der Waals surface area (Å²) < 4.78 is 12.9. The molecule has 0 saturated heterocycles. The minimum Gasteiger partial charge on any atom is -0.298 e. The molecule has 1 rings (SSSR count). The number of hydrogen-bond acceptors (Lipinski definition) is 2. The highest BCUT2D eigenvalue weighted by atomic mass is 19.1. The van der Waals surface area contributed by atoms with Crippen molar-refractivity contribution in [3.63, 3.8) is 0 Å². The molecule has 0 heterocycles. The van der Waals surface area contributed by atoms with Gasteiger partial charge in [0.2, 0.25) is 0 Å². The second-order valence-electron chi connectivity index (χ2n) is 3.41. The van der Waals surface area contributed by atoms with Crippen molar-refractivity contribution >= 4 is 0 Å². The first-order valence-electron chi connectivity index (χ1n) is 5.10. The molecule has 0 aliphatic carbocycles. The zero-order valence-corrected chi connectivity index (χ0v) is 8.91. The van der Waals surface area contributed by atoms with Gasteiger partial charge in [0.1, 0.15) is 5.82 Å². The van der Waals surface area contributed by atoms with Crippen LogP contribution < -0.4 is 0 Å². The fourth-order valence-electron chi connectivity index (χ4n) is 1.45. The van der Waals surface area contributed by atoms with E-state index in [9.17, 15) is 4.39 Å². The zero-order chi connectivity index (χ0) is 11.1. The predicted molar refractivity (Wildman–Crippen MR) is 57.6 cm³/mol. The third-order valence-electron chi connectivity index (χ3n) is 2.28. The van der Waals surface area contributed by atoms with Crippen molar-refractivity contribution in [3.05, 3.63) is 35.6 Å². The number of nitriles is 1. The van der Waals surface area contributed by atoms with Crippen molar-refractivity contribution in [2.45, 2.75) is 19.9 Å². The Labute approximate surface area is 89.9 Å². The summed E-state index contributed by atoms with van der Waals surface area (Å²) in [6.07, 6.45) is 0.517. The number of hydrogen-bond donors (Lipinski definition) is 0. The Morgan fingerprint density at radius 1 is 1.47 bits per heavy atom. The maximum absolute atomic E-state index is 12.9. The van der Waals surface area contributed by atoms with Crippen molar-refractivity contribution in [1.82, 2.24) is 4.90 Å². The Morgan fingerprint density at radius 2 is 2.27 bits per heavy atom. The normalized spacial score (nSPS) is 10.3. The van der Waals surface area contributed by atoms with Gasteiger partial charge in [0.05, 0.1) is 6.07 Å². The summed E-state index contributed by atoms with van der Waals surface area (Å²) in [7, 11) is 0. The lowest BCUT2D eigenvalue weighted by Crippen LogP contribution is -2.23. The summed E-state index contributed by atoms with van der Waals surface area (Å²) in [6.45, 7) is 4.36. The average molecular weight is 206 g/mol. The van der Waals surface area contributed by atoms with Crippen LogP contribution in [-0.4, -0.2) is 18.0 Å². The van der Waals surface area contributed by atoms with Gasteiger partial charge in [0.25, 0.3) is 0 Å². The van der Waals surface area contributed by atoms with Gasteiger partial charge in [-0.15, -0.1) is 0 Å². The van der Waals surface area contributed by atoms with Gasteiger partial charge in [-0.3, -0.25) is 4.90 Å². The van der Waals surface area contributed by atoms with E-state index in [1.807, 2.05) is 13.0 Å². The largest absolute Gasteiger partial charge is 0.298 e. The molecule has 3 heteroatoms. The van der Waals surface area contributed by atoms with E-state index in [1.165, 1.54) is 12.1 Å². The number of benzene rings is 1. The highest BCUT2D eigenvalue weighted by Gasteiger charge is 2.03. The van der Waals surface area contributed by atoms with E-state index in [4.69, 9.17) is 5.26 Å². The Morgan fingerprint density at radius 3 is 2.87 bits per heavy atom. The van der Waals surface area contributed by atoms with Gasteiger partial charge in [0, 0.05) is 19.5 Å². The monoisotopic (exact) mass is 206 g/mol. The summed E-state index contributed by atoms with van der Waals surface area (Å²) in [6, 6.07) is 8.70. The first kappa shape index (κ1) is 11.7. The van der Waals surface area contributed by atoms with Gasteiger partial charge in [-0.25, -0.2) is 4.39 Å². The maximum Gasteiger partial charge on any atom is 0.123 e. The van der Waals surface area contributed by atoms with Crippen LogP contribution in [0.1, 0.15) is 18.9 Å². The fourth-order valence-corrected chi connectivity index (χ4v) is 1.45. The molecule has 0 aromatic heterocycles. The third-order valence-corrected chi connectivity index (χ3v) is 2.28. The second kappa shape index (κ2) is 6.15. The van der Waals surface area contributed by atoms with E-state index in [-0.39, 0.29) is 5.82 Å². The topological polar surface area (TPSA) is 27.0 Å². The molecule has 0 aliphatic heterocycles. The van der Waals surface area contributed by atoms with E-state index >= 15 is 0 Å². The van der Waals surface area contributed by atoms with Crippen LogP contribution in [0.4, 0.5) is 4.39 Å². The molecule has 0 unspecified atom stereocenters. The Balaban J connectivity index is 2.55. The molecule has 0 radical (unpaired) electrons. The van der Waals surface area contributed by atoms with Crippen molar-refractivity contribution in [1.29, 1.82) is 5.26 Å². The van der Waals surface area contributed by atoms with Crippen molar-refractivity contribution in [2.24, 2.45) is 0 Å². The van der Waals surface area contributed by atoms with Crippen molar-refractivity contribution < 1.29 is 4.39 Å². The molecule has 0 spiro atoms. The summed E-state index contributed by atoms with van der Waals surface area (Å²) in [5.41, 5.74) is 0.954. The van der Waals surface area contributed by atoms with Crippen LogP contribution in [0.15, 0.2) is 24.3 Å². The van der Waals surface area contributed by atoms with E-state index in [1.54, 1.807) is 6.07 Å². The number of halogens is 1. The molecule has 0 amide bonds. The van der Waals surface area contributed by atoms with Gasteiger partial charge in [0.15, 0.2) is 0 Å². The minimum absolute atomic E-state index is 0.205. The van der Waals surface area contributed by atoms with Crippen LogP contribution in [0.25, 0.3) is 0 Å². The molecule has 0 bridgehead atoms.